The highest BCUT2D eigenvalue weighted by Crippen LogP contribution is 2.39. The van der Waals surface area contributed by atoms with Crippen molar-refractivity contribution in [3.05, 3.63) is 157 Å². The monoisotopic (exact) mass is 678 g/mol. The summed E-state index contributed by atoms with van der Waals surface area (Å²) in [5, 5.41) is 0. The number of ether oxygens (including phenoxy) is 4. The van der Waals surface area contributed by atoms with Crippen molar-refractivity contribution in [2.75, 3.05) is 24.0 Å². The molecule has 0 unspecified atom stereocenters. The number of carbonyl (C=O) groups excluding carboxylic acids is 2. The van der Waals surface area contributed by atoms with E-state index in [1.807, 2.05) is 36.4 Å². The minimum Gasteiger partial charge on any atom is -0.437 e. The van der Waals surface area contributed by atoms with E-state index >= 15 is 0 Å². The summed E-state index contributed by atoms with van der Waals surface area (Å²) in [5.74, 6) is 0.764. The van der Waals surface area contributed by atoms with E-state index in [-0.39, 0.29) is 0 Å². The summed E-state index contributed by atoms with van der Waals surface area (Å²) in [5.41, 5.74) is 9.94. The van der Waals surface area contributed by atoms with Crippen molar-refractivity contribution in [3.63, 3.8) is 0 Å². The molecule has 0 aliphatic rings. The predicted molar refractivity (Wildman–Crippen MR) is 201 cm³/mol. The van der Waals surface area contributed by atoms with Crippen molar-refractivity contribution in [2.45, 2.75) is 20.3 Å². The minimum absolute atomic E-state index is 0.381. The third-order valence-corrected chi connectivity index (χ3v) is 8.37. The second kappa shape index (κ2) is 15.8. The molecule has 0 saturated carbocycles. The van der Waals surface area contributed by atoms with Crippen molar-refractivity contribution in [1.82, 2.24) is 0 Å². The second-order valence-corrected chi connectivity index (χ2v) is 11.7. The molecule has 51 heavy (non-hydrogen) atoms. The van der Waals surface area contributed by atoms with Crippen LogP contribution in [0.4, 0.5) is 43.7 Å². The molecule has 0 radical (unpaired) electrons. The van der Waals surface area contributed by atoms with Crippen LogP contribution in [-0.4, -0.2) is 26.5 Å². The first kappa shape index (κ1) is 34.3. The van der Waals surface area contributed by atoms with Gasteiger partial charge < -0.3 is 28.7 Å². The number of anilines is 6. The molecule has 6 aromatic carbocycles. The van der Waals surface area contributed by atoms with E-state index in [0.717, 1.165) is 57.2 Å². The average molecular weight is 679 g/mol. The number of benzene rings is 6. The normalized spacial score (nSPS) is 10.6. The number of methoxy groups -OCH3 is 2. The lowest BCUT2D eigenvalue weighted by atomic mass is 10.0. The van der Waals surface area contributed by atoms with Crippen LogP contribution in [0.2, 0.25) is 0 Å². The molecule has 0 N–H and O–H groups in total. The third-order valence-electron chi connectivity index (χ3n) is 8.37. The van der Waals surface area contributed by atoms with Crippen LogP contribution in [-0.2, 0) is 15.9 Å². The predicted octanol–water partition coefficient (Wildman–Crippen LogP) is 11.5. The van der Waals surface area contributed by atoms with Gasteiger partial charge in [0.1, 0.15) is 11.5 Å². The summed E-state index contributed by atoms with van der Waals surface area (Å²) >= 11 is 0. The van der Waals surface area contributed by atoms with Crippen LogP contribution >= 0.6 is 0 Å². The quantitative estimate of drug-likeness (QED) is 0.105. The molecule has 0 aromatic heterocycles. The second-order valence-electron chi connectivity index (χ2n) is 11.7. The van der Waals surface area contributed by atoms with Crippen LogP contribution in [0, 0.1) is 6.92 Å². The van der Waals surface area contributed by atoms with Crippen molar-refractivity contribution in [1.29, 1.82) is 0 Å². The van der Waals surface area contributed by atoms with E-state index in [1.165, 1.54) is 19.8 Å². The Kier molecular flexibility index (Phi) is 10.6. The molecule has 6 aromatic rings. The third kappa shape index (κ3) is 8.20. The lowest BCUT2D eigenvalue weighted by Crippen LogP contribution is -2.11. The van der Waals surface area contributed by atoms with Gasteiger partial charge in [-0.1, -0.05) is 73.2 Å². The Balaban J connectivity index is 1.32. The molecule has 8 heteroatoms. The molecule has 0 heterocycles. The minimum atomic E-state index is -0.775. The number of hydrogen-bond acceptors (Lipinski definition) is 8. The summed E-state index contributed by atoms with van der Waals surface area (Å²) < 4.78 is 20.0. The standard InChI is InChI=1S/C43H38N2O6/c1-5-31-14-22-35(23-15-31)45(39-9-7-11-41(29-39)51-43(47)49-4)37-26-18-33(19-27-37)32-16-24-36(25-17-32)44(34-20-12-30(2)13-21-34)38-8-6-10-40(28-38)50-42(46)48-3/h6-29H,5H2,1-4H3. The maximum Gasteiger partial charge on any atom is 0.513 e. The van der Waals surface area contributed by atoms with E-state index < -0.39 is 12.3 Å². The first-order valence-electron chi connectivity index (χ1n) is 16.5. The summed E-state index contributed by atoms with van der Waals surface area (Å²) in [6.45, 7) is 4.18. The van der Waals surface area contributed by atoms with Crippen LogP contribution in [0.3, 0.4) is 0 Å². The molecule has 0 bridgehead atoms. The molecular weight excluding hydrogens is 640 g/mol. The summed E-state index contributed by atoms with van der Waals surface area (Å²) in [4.78, 5) is 27.9. The van der Waals surface area contributed by atoms with Crippen LogP contribution in [0.1, 0.15) is 18.1 Å². The largest absolute Gasteiger partial charge is 0.513 e. The zero-order valence-electron chi connectivity index (χ0n) is 28.9. The zero-order chi connectivity index (χ0) is 35.7. The number of hydrogen-bond donors (Lipinski definition) is 0. The summed E-state index contributed by atoms with van der Waals surface area (Å²) in [6, 6.07) is 48.1. The van der Waals surface area contributed by atoms with Gasteiger partial charge in [-0.15, -0.1) is 0 Å². The van der Waals surface area contributed by atoms with Crippen molar-refractivity contribution < 1.29 is 28.5 Å². The Labute approximate surface area is 298 Å². The van der Waals surface area contributed by atoms with Crippen molar-refractivity contribution in [3.8, 4) is 22.6 Å². The Morgan fingerprint density at radius 1 is 0.490 bits per heavy atom. The average Bonchev–Trinajstić information content (AvgIpc) is 3.17. The van der Waals surface area contributed by atoms with Gasteiger partial charge in [0.2, 0.25) is 0 Å². The molecule has 6 rings (SSSR count). The van der Waals surface area contributed by atoms with Gasteiger partial charge in [-0.2, -0.15) is 0 Å². The molecule has 0 fully saturated rings. The molecule has 8 nitrogen and oxygen atoms in total. The van der Waals surface area contributed by atoms with Gasteiger partial charge in [-0.25, -0.2) is 9.59 Å². The molecule has 0 aliphatic carbocycles. The lowest BCUT2D eigenvalue weighted by Gasteiger charge is -2.26. The molecule has 0 amide bonds. The number of carbonyl (C=O) groups is 2. The fraction of sp³-hybridized carbons (Fsp3) is 0.116. The lowest BCUT2D eigenvalue weighted by molar-refractivity contribution is 0.120. The highest BCUT2D eigenvalue weighted by molar-refractivity contribution is 5.82. The van der Waals surface area contributed by atoms with Crippen molar-refractivity contribution >= 4 is 46.4 Å². The summed E-state index contributed by atoms with van der Waals surface area (Å²) in [6.07, 6.45) is -0.609. The van der Waals surface area contributed by atoms with Gasteiger partial charge >= 0.3 is 12.3 Å². The Morgan fingerprint density at radius 2 is 0.863 bits per heavy atom. The van der Waals surface area contributed by atoms with E-state index in [0.29, 0.717) is 11.5 Å². The van der Waals surface area contributed by atoms with Crippen LogP contribution in [0.5, 0.6) is 11.5 Å². The van der Waals surface area contributed by atoms with Gasteiger partial charge in [0.05, 0.1) is 14.2 Å². The van der Waals surface area contributed by atoms with E-state index in [2.05, 4.69) is 125 Å². The Morgan fingerprint density at radius 3 is 1.24 bits per heavy atom. The van der Waals surface area contributed by atoms with E-state index in [4.69, 9.17) is 14.2 Å². The van der Waals surface area contributed by atoms with Gasteiger partial charge in [-0.3, -0.25) is 0 Å². The van der Waals surface area contributed by atoms with Gasteiger partial charge in [-0.05, 0) is 103 Å². The first-order valence-corrected chi connectivity index (χ1v) is 16.5. The van der Waals surface area contributed by atoms with Crippen LogP contribution in [0.15, 0.2) is 146 Å². The fourth-order valence-electron chi connectivity index (χ4n) is 5.72. The van der Waals surface area contributed by atoms with E-state index in [9.17, 15) is 9.59 Å². The molecular formula is C43H38N2O6. The SMILES string of the molecule is CCc1ccc(N(c2ccc(-c3ccc(N(c4ccc(C)cc4)c4cccc(OC(=O)OC)c4)cc3)cc2)c2cccc(OC(=O)OC)c2)cc1. The fourth-order valence-corrected chi connectivity index (χ4v) is 5.72. The summed E-state index contributed by atoms with van der Waals surface area (Å²) in [7, 11) is 2.57. The molecule has 256 valence electrons. The molecule has 0 atom stereocenters. The highest BCUT2D eigenvalue weighted by atomic mass is 16.7. The van der Waals surface area contributed by atoms with E-state index in [1.54, 1.807) is 12.1 Å². The van der Waals surface area contributed by atoms with Gasteiger partial charge in [0, 0.05) is 46.3 Å². The van der Waals surface area contributed by atoms with Crippen molar-refractivity contribution in [2.24, 2.45) is 0 Å². The Bertz CT molecular complexity index is 2090. The highest BCUT2D eigenvalue weighted by Gasteiger charge is 2.17. The topological polar surface area (TPSA) is 77.5 Å². The first-order chi connectivity index (χ1) is 24.8. The molecule has 0 spiro atoms. The maximum absolute atomic E-state index is 11.8. The molecule has 0 aliphatic heterocycles. The number of aryl methyl sites for hydroxylation is 2. The van der Waals surface area contributed by atoms with Gasteiger partial charge in [0.15, 0.2) is 0 Å². The maximum atomic E-state index is 11.8. The zero-order valence-corrected chi connectivity index (χ0v) is 28.9. The number of rotatable bonds is 10. The number of nitrogens with zero attached hydrogens (tertiary/aromatic N) is 2. The smallest absolute Gasteiger partial charge is 0.437 e. The van der Waals surface area contributed by atoms with Crippen LogP contribution < -0.4 is 19.3 Å². The Hall–Kier alpha value is -6.54. The van der Waals surface area contributed by atoms with Crippen LogP contribution in [0.25, 0.3) is 11.1 Å². The van der Waals surface area contributed by atoms with Gasteiger partial charge in [0.25, 0.3) is 0 Å². The molecule has 0 saturated heterocycles.